The fourth-order valence-electron chi connectivity index (χ4n) is 10.7. The van der Waals surface area contributed by atoms with Crippen LogP contribution in [0.3, 0.4) is 0 Å². The first kappa shape index (κ1) is 41.2. The zero-order chi connectivity index (χ0) is 44.7. The molecule has 0 amide bonds. The Hall–Kier alpha value is -7.56. The van der Waals surface area contributed by atoms with Crippen LogP contribution >= 0.6 is 0 Å². The van der Waals surface area contributed by atoms with Crippen LogP contribution in [0.2, 0.25) is 0 Å². The molecule has 2 atom stereocenters. The van der Waals surface area contributed by atoms with E-state index in [-0.39, 0.29) is 23.3 Å². The molecule has 4 nitrogen and oxygen atoms in total. The second kappa shape index (κ2) is 17.4. The van der Waals surface area contributed by atoms with Crippen LogP contribution in [0.1, 0.15) is 36.8 Å². The fourth-order valence-corrected chi connectivity index (χ4v) is 10.7. The van der Waals surface area contributed by atoms with Crippen molar-refractivity contribution in [3.63, 3.8) is 0 Å². The summed E-state index contributed by atoms with van der Waals surface area (Å²) in [7, 11) is 0. The van der Waals surface area contributed by atoms with Crippen LogP contribution in [0.5, 0.6) is 23.0 Å². The van der Waals surface area contributed by atoms with Crippen molar-refractivity contribution in [3.05, 3.63) is 193 Å². The van der Waals surface area contributed by atoms with Gasteiger partial charge in [-0.1, -0.05) is 146 Å². The molecule has 0 aromatic heterocycles. The van der Waals surface area contributed by atoms with E-state index in [1.165, 1.54) is 0 Å². The highest BCUT2D eigenvalue weighted by Crippen LogP contribution is 2.49. The van der Waals surface area contributed by atoms with Crippen LogP contribution in [0, 0.1) is 25.7 Å². The van der Waals surface area contributed by atoms with E-state index in [0.29, 0.717) is 13.2 Å². The Morgan fingerprint density at radius 3 is 1.08 bits per heavy atom. The maximum atomic E-state index is 12.3. The molecule has 66 heavy (non-hydrogen) atoms. The normalized spacial score (nSPS) is 15.1. The van der Waals surface area contributed by atoms with E-state index < -0.39 is 0 Å². The monoisotopic (exact) mass is 860 g/mol. The summed E-state index contributed by atoms with van der Waals surface area (Å²) in [4.78, 5) is 0. The summed E-state index contributed by atoms with van der Waals surface area (Å²) >= 11 is 0. The molecule has 0 radical (unpaired) electrons. The lowest BCUT2D eigenvalue weighted by Gasteiger charge is -2.32. The minimum atomic E-state index is 0.248. The topological polar surface area (TPSA) is 58.9 Å². The van der Waals surface area contributed by atoms with E-state index >= 15 is 0 Å². The molecule has 1 aliphatic carbocycles. The third-order valence-electron chi connectivity index (χ3n) is 13.9. The fraction of sp³-hybridized carbons (Fsp3) is 0.161. The lowest BCUT2D eigenvalue weighted by molar-refractivity contribution is 0.105. The van der Waals surface area contributed by atoms with E-state index in [9.17, 15) is 10.2 Å². The number of benzene rings is 10. The summed E-state index contributed by atoms with van der Waals surface area (Å²) in [5.74, 6) is 2.57. The van der Waals surface area contributed by atoms with Gasteiger partial charge in [-0.3, -0.25) is 0 Å². The molecular weight excluding hydrogens is 809 g/mol. The first-order valence-electron chi connectivity index (χ1n) is 23.3. The average Bonchev–Trinajstić information content (AvgIpc) is 3.35. The number of phenols is 2. The molecule has 324 valence electrons. The number of phenolic OH excluding ortho intramolecular Hbond substituents is 2. The highest BCUT2D eigenvalue weighted by molar-refractivity contribution is 6.15. The first-order chi connectivity index (χ1) is 32.4. The number of aromatic hydroxyl groups is 2. The van der Waals surface area contributed by atoms with E-state index in [2.05, 4.69) is 159 Å². The van der Waals surface area contributed by atoms with E-state index in [1.54, 1.807) is 0 Å². The predicted octanol–water partition coefficient (Wildman–Crippen LogP) is 16.3. The van der Waals surface area contributed by atoms with Gasteiger partial charge in [-0.2, -0.15) is 0 Å². The van der Waals surface area contributed by atoms with Gasteiger partial charge in [-0.15, -0.1) is 0 Å². The van der Waals surface area contributed by atoms with Crippen LogP contribution in [-0.2, 0) is 0 Å². The van der Waals surface area contributed by atoms with E-state index in [0.717, 1.165) is 136 Å². The van der Waals surface area contributed by atoms with Crippen LogP contribution in [0.15, 0.2) is 182 Å². The predicted molar refractivity (Wildman–Crippen MR) is 274 cm³/mol. The standard InChI is InChI=1S/C62H52O4/c1-39-31-53(61(63)55(33-39)59-47-23-9-5-17-41(47)35-42-18-6-10-24-48(42)59)51-27-13-15-29-57(51)65-37-45-21-3-4-22-46(45)38-66-58-30-16-14-28-52(58)54-32-40(2)34-56(62(54)64)60-49-25-11-7-19-43(49)36-44-20-8-12-26-50(44)60/h5-20,23-36,45-46,63-64H,3-4,21-22,37-38H2,1-2H3/t45-,46?/m1/s1. The average molecular weight is 861 g/mol. The Bertz CT molecular complexity index is 3120. The number of aryl methyl sites for hydroxylation is 2. The third kappa shape index (κ3) is 7.56. The van der Waals surface area contributed by atoms with Crippen molar-refractivity contribution in [3.8, 4) is 67.5 Å². The summed E-state index contributed by atoms with van der Waals surface area (Å²) in [6, 6.07) is 62.8. The van der Waals surface area contributed by atoms with Crippen LogP contribution in [0.25, 0.3) is 87.6 Å². The Kier molecular flexibility index (Phi) is 10.9. The molecule has 4 heteroatoms. The summed E-state index contributed by atoms with van der Waals surface area (Å²) in [6.45, 7) is 5.28. The lowest BCUT2D eigenvalue weighted by Crippen LogP contribution is -2.30. The lowest BCUT2D eigenvalue weighted by atomic mass is 9.80. The molecule has 0 saturated heterocycles. The van der Waals surface area contributed by atoms with Crippen molar-refractivity contribution in [1.82, 2.24) is 0 Å². The second-order valence-electron chi connectivity index (χ2n) is 18.2. The quantitative estimate of drug-likeness (QED) is 0.135. The smallest absolute Gasteiger partial charge is 0.131 e. The Labute approximate surface area is 386 Å². The molecule has 10 aromatic rings. The SMILES string of the molecule is Cc1cc(-c2ccccc2OCC2CCCC[C@@H]2COc2ccccc2-c2cc(C)cc(-c3c4ccccc4cc4ccccc34)c2O)c(O)c(-c2c3ccccc3cc3ccccc23)c1. The van der Waals surface area contributed by atoms with Crippen LogP contribution in [0.4, 0.5) is 0 Å². The molecule has 1 aliphatic rings. The van der Waals surface area contributed by atoms with Crippen LogP contribution < -0.4 is 9.47 Å². The Morgan fingerprint density at radius 1 is 0.379 bits per heavy atom. The third-order valence-corrected chi connectivity index (χ3v) is 13.9. The van der Waals surface area contributed by atoms with Gasteiger partial charge >= 0.3 is 0 Å². The number of ether oxygens (including phenoxy) is 2. The number of hydrogen-bond donors (Lipinski definition) is 2. The minimum Gasteiger partial charge on any atom is -0.507 e. The van der Waals surface area contributed by atoms with Gasteiger partial charge in [0, 0.05) is 44.5 Å². The van der Waals surface area contributed by atoms with Crippen molar-refractivity contribution in [2.24, 2.45) is 11.8 Å². The number of fused-ring (bicyclic) bond motifs is 4. The number of para-hydroxylation sites is 2. The molecule has 0 spiro atoms. The van der Waals surface area contributed by atoms with Gasteiger partial charge in [0.25, 0.3) is 0 Å². The van der Waals surface area contributed by atoms with E-state index in [1.807, 2.05) is 36.4 Å². The first-order valence-corrected chi connectivity index (χ1v) is 23.3. The number of hydrogen-bond acceptors (Lipinski definition) is 4. The Morgan fingerprint density at radius 2 is 0.697 bits per heavy atom. The summed E-state index contributed by atoms with van der Waals surface area (Å²) in [5, 5.41) is 33.6. The highest BCUT2D eigenvalue weighted by Gasteiger charge is 2.28. The van der Waals surface area contributed by atoms with Gasteiger partial charge in [-0.05, 0) is 141 Å². The van der Waals surface area contributed by atoms with Gasteiger partial charge in [0.15, 0.2) is 0 Å². The summed E-state index contributed by atoms with van der Waals surface area (Å²) < 4.78 is 13.7. The van der Waals surface area contributed by atoms with Crippen molar-refractivity contribution in [2.75, 3.05) is 13.2 Å². The van der Waals surface area contributed by atoms with E-state index in [4.69, 9.17) is 9.47 Å². The molecule has 0 heterocycles. The van der Waals surface area contributed by atoms with Gasteiger partial charge < -0.3 is 19.7 Å². The minimum absolute atomic E-state index is 0.248. The van der Waals surface area contributed by atoms with Crippen molar-refractivity contribution in [2.45, 2.75) is 39.5 Å². The van der Waals surface area contributed by atoms with Crippen molar-refractivity contribution >= 4 is 43.1 Å². The van der Waals surface area contributed by atoms with Gasteiger partial charge in [0.2, 0.25) is 0 Å². The maximum absolute atomic E-state index is 12.3. The second-order valence-corrected chi connectivity index (χ2v) is 18.2. The molecule has 2 N–H and O–H groups in total. The molecule has 0 bridgehead atoms. The van der Waals surface area contributed by atoms with Gasteiger partial charge in [-0.25, -0.2) is 0 Å². The molecule has 1 unspecified atom stereocenters. The Balaban J connectivity index is 0.876. The van der Waals surface area contributed by atoms with Crippen molar-refractivity contribution < 1.29 is 19.7 Å². The van der Waals surface area contributed by atoms with Gasteiger partial charge in [0.05, 0.1) is 13.2 Å². The molecule has 1 fully saturated rings. The number of rotatable bonds is 10. The van der Waals surface area contributed by atoms with Crippen LogP contribution in [-0.4, -0.2) is 23.4 Å². The van der Waals surface area contributed by atoms with Gasteiger partial charge in [0.1, 0.15) is 23.0 Å². The zero-order valence-corrected chi connectivity index (χ0v) is 37.4. The molecule has 11 rings (SSSR count). The zero-order valence-electron chi connectivity index (χ0n) is 37.4. The highest BCUT2D eigenvalue weighted by atomic mass is 16.5. The summed E-state index contributed by atoms with van der Waals surface area (Å²) in [5.41, 5.74) is 9.08. The molecule has 0 aliphatic heterocycles. The largest absolute Gasteiger partial charge is 0.507 e. The molecule has 10 aromatic carbocycles. The maximum Gasteiger partial charge on any atom is 0.131 e. The van der Waals surface area contributed by atoms with Crippen molar-refractivity contribution in [1.29, 1.82) is 0 Å². The summed E-state index contributed by atoms with van der Waals surface area (Å²) in [6.07, 6.45) is 4.39. The molecule has 1 saturated carbocycles. The molecular formula is C62H52O4.